The van der Waals surface area contributed by atoms with E-state index in [1.807, 2.05) is 7.05 Å². The standard InChI is InChI=1S/C18H27N2OP/c1-12-10-17(22)13(2)9-16(12)21-11-15-14(19-6)7-8-20(15)18(3,4)5/h7-10,19H,11,22H2,1-6H3. The van der Waals surface area contributed by atoms with Gasteiger partial charge >= 0.3 is 0 Å². The third-order valence-electron chi connectivity index (χ3n) is 3.91. The topological polar surface area (TPSA) is 26.2 Å². The maximum atomic E-state index is 6.13. The summed E-state index contributed by atoms with van der Waals surface area (Å²) in [5.74, 6) is 0.951. The monoisotopic (exact) mass is 318 g/mol. The van der Waals surface area contributed by atoms with Crippen molar-refractivity contribution in [1.29, 1.82) is 0 Å². The van der Waals surface area contributed by atoms with E-state index in [9.17, 15) is 0 Å². The highest BCUT2D eigenvalue weighted by atomic mass is 31.0. The number of rotatable bonds is 4. The number of nitrogens with zero attached hydrogens (tertiary/aromatic N) is 1. The Bertz CT molecular complexity index is 668. The van der Waals surface area contributed by atoms with Gasteiger partial charge in [0.15, 0.2) is 0 Å². The lowest BCUT2D eigenvalue weighted by Gasteiger charge is -2.25. The summed E-state index contributed by atoms with van der Waals surface area (Å²) in [5.41, 5.74) is 4.71. The Morgan fingerprint density at radius 3 is 2.45 bits per heavy atom. The van der Waals surface area contributed by atoms with E-state index in [1.54, 1.807) is 0 Å². The molecule has 0 spiro atoms. The van der Waals surface area contributed by atoms with E-state index < -0.39 is 0 Å². The number of aromatic nitrogens is 1. The minimum absolute atomic E-state index is 0.0304. The van der Waals surface area contributed by atoms with Crippen LogP contribution in [0.15, 0.2) is 24.4 Å². The molecule has 0 amide bonds. The summed E-state index contributed by atoms with van der Waals surface area (Å²) in [6.45, 7) is 11.4. The molecule has 1 unspecified atom stereocenters. The van der Waals surface area contributed by atoms with Crippen molar-refractivity contribution in [2.45, 2.75) is 46.8 Å². The Kier molecular flexibility index (Phi) is 4.87. The molecule has 1 heterocycles. The zero-order chi connectivity index (χ0) is 16.5. The van der Waals surface area contributed by atoms with Crippen molar-refractivity contribution >= 4 is 20.2 Å². The minimum Gasteiger partial charge on any atom is -0.487 e. The summed E-state index contributed by atoms with van der Waals surface area (Å²) in [5, 5.41) is 4.48. The first-order valence-electron chi connectivity index (χ1n) is 7.62. The van der Waals surface area contributed by atoms with Crippen LogP contribution in [0.5, 0.6) is 5.75 Å². The summed E-state index contributed by atoms with van der Waals surface area (Å²) in [6.07, 6.45) is 2.12. The smallest absolute Gasteiger partial charge is 0.130 e. The Balaban J connectivity index is 2.29. The van der Waals surface area contributed by atoms with Gasteiger partial charge in [-0.3, -0.25) is 0 Å². The highest BCUT2D eigenvalue weighted by Crippen LogP contribution is 2.27. The lowest BCUT2D eigenvalue weighted by Crippen LogP contribution is -2.24. The van der Waals surface area contributed by atoms with E-state index in [1.165, 1.54) is 16.6 Å². The summed E-state index contributed by atoms with van der Waals surface area (Å²) in [6, 6.07) is 6.37. The number of aryl methyl sites for hydroxylation is 2. The van der Waals surface area contributed by atoms with Gasteiger partial charge in [0.25, 0.3) is 0 Å². The molecule has 3 nitrogen and oxygen atoms in total. The molecule has 0 aliphatic carbocycles. The largest absolute Gasteiger partial charge is 0.487 e. The first-order chi connectivity index (χ1) is 10.2. The maximum absolute atomic E-state index is 6.13. The molecular formula is C18H27N2OP. The molecule has 0 bridgehead atoms. The van der Waals surface area contributed by atoms with Crippen molar-refractivity contribution in [3.8, 4) is 5.75 Å². The van der Waals surface area contributed by atoms with Gasteiger partial charge in [-0.2, -0.15) is 0 Å². The molecule has 2 rings (SSSR count). The second kappa shape index (κ2) is 6.34. The summed E-state index contributed by atoms with van der Waals surface area (Å²) < 4.78 is 8.39. The number of anilines is 1. The molecule has 1 N–H and O–H groups in total. The molecule has 0 saturated heterocycles. The van der Waals surface area contributed by atoms with E-state index in [4.69, 9.17) is 4.74 Å². The molecule has 4 heteroatoms. The fourth-order valence-corrected chi connectivity index (χ4v) is 2.92. The van der Waals surface area contributed by atoms with Gasteiger partial charge in [-0.1, -0.05) is 0 Å². The number of hydrogen-bond donors (Lipinski definition) is 1. The Hall–Kier alpha value is -1.47. The lowest BCUT2D eigenvalue weighted by molar-refractivity contribution is 0.276. The van der Waals surface area contributed by atoms with Crippen LogP contribution < -0.4 is 15.4 Å². The lowest BCUT2D eigenvalue weighted by atomic mass is 10.1. The number of hydrogen-bond acceptors (Lipinski definition) is 2. The van der Waals surface area contributed by atoms with Crippen LogP contribution in [-0.4, -0.2) is 11.6 Å². The van der Waals surface area contributed by atoms with Crippen molar-refractivity contribution in [3.63, 3.8) is 0 Å². The molecule has 120 valence electrons. The van der Waals surface area contributed by atoms with Crippen molar-refractivity contribution in [2.24, 2.45) is 0 Å². The molecule has 1 aromatic carbocycles. The van der Waals surface area contributed by atoms with E-state index in [-0.39, 0.29) is 5.54 Å². The van der Waals surface area contributed by atoms with Gasteiger partial charge in [-0.15, -0.1) is 9.24 Å². The Labute approximate surface area is 136 Å². The van der Waals surface area contributed by atoms with Gasteiger partial charge in [0.1, 0.15) is 12.4 Å². The molecule has 0 aliphatic heterocycles. The highest BCUT2D eigenvalue weighted by molar-refractivity contribution is 7.27. The maximum Gasteiger partial charge on any atom is 0.130 e. The zero-order valence-corrected chi connectivity index (χ0v) is 15.6. The molecule has 0 saturated carbocycles. The van der Waals surface area contributed by atoms with Crippen molar-refractivity contribution in [1.82, 2.24) is 4.57 Å². The zero-order valence-electron chi connectivity index (χ0n) is 14.4. The summed E-state index contributed by atoms with van der Waals surface area (Å²) in [7, 11) is 4.72. The van der Waals surface area contributed by atoms with Crippen molar-refractivity contribution < 1.29 is 4.74 Å². The molecule has 0 fully saturated rings. The van der Waals surface area contributed by atoms with E-state index >= 15 is 0 Å². The SMILES string of the molecule is CNc1ccn(C(C)(C)C)c1COc1cc(C)c(P)cc1C. The molecule has 22 heavy (non-hydrogen) atoms. The summed E-state index contributed by atoms with van der Waals surface area (Å²) >= 11 is 0. The van der Waals surface area contributed by atoms with E-state index in [2.05, 4.69) is 78.1 Å². The van der Waals surface area contributed by atoms with Crippen LogP contribution in [0, 0.1) is 13.8 Å². The average molecular weight is 318 g/mol. The van der Waals surface area contributed by atoms with Crippen LogP contribution in [0.2, 0.25) is 0 Å². The Morgan fingerprint density at radius 2 is 1.86 bits per heavy atom. The van der Waals surface area contributed by atoms with Crippen LogP contribution >= 0.6 is 9.24 Å². The molecule has 0 radical (unpaired) electrons. The number of ether oxygens (including phenoxy) is 1. The van der Waals surface area contributed by atoms with Gasteiger partial charge < -0.3 is 14.6 Å². The van der Waals surface area contributed by atoms with Crippen molar-refractivity contribution in [3.05, 3.63) is 41.2 Å². The quantitative estimate of drug-likeness (QED) is 0.863. The van der Waals surface area contributed by atoms with Gasteiger partial charge in [-0.05, 0) is 69.2 Å². The summed E-state index contributed by atoms with van der Waals surface area (Å²) in [4.78, 5) is 0. The van der Waals surface area contributed by atoms with Crippen LogP contribution in [-0.2, 0) is 12.1 Å². The second-order valence-electron chi connectivity index (χ2n) is 6.73. The Morgan fingerprint density at radius 1 is 1.18 bits per heavy atom. The van der Waals surface area contributed by atoms with E-state index in [0.717, 1.165) is 17.0 Å². The molecular weight excluding hydrogens is 291 g/mol. The first kappa shape index (κ1) is 16.9. The van der Waals surface area contributed by atoms with Gasteiger partial charge in [0, 0.05) is 18.8 Å². The molecule has 1 aromatic heterocycles. The minimum atomic E-state index is 0.0304. The fraction of sp³-hybridized carbons (Fsp3) is 0.444. The van der Waals surface area contributed by atoms with E-state index in [0.29, 0.717) is 6.61 Å². The average Bonchev–Trinajstić information content (AvgIpc) is 2.84. The second-order valence-corrected chi connectivity index (χ2v) is 7.35. The highest BCUT2D eigenvalue weighted by Gasteiger charge is 2.19. The van der Waals surface area contributed by atoms with Gasteiger partial charge in [0.2, 0.25) is 0 Å². The van der Waals surface area contributed by atoms with Crippen molar-refractivity contribution in [2.75, 3.05) is 12.4 Å². The third-order valence-corrected chi connectivity index (χ3v) is 4.53. The predicted octanol–water partition coefficient (Wildman–Crippen LogP) is 3.98. The third kappa shape index (κ3) is 3.47. The van der Waals surface area contributed by atoms with Crippen LogP contribution in [0.3, 0.4) is 0 Å². The van der Waals surface area contributed by atoms with Crippen LogP contribution in [0.4, 0.5) is 5.69 Å². The van der Waals surface area contributed by atoms with Gasteiger partial charge in [-0.25, -0.2) is 0 Å². The predicted molar refractivity (Wildman–Crippen MR) is 98.6 cm³/mol. The fourth-order valence-electron chi connectivity index (χ4n) is 2.58. The van der Waals surface area contributed by atoms with Crippen LogP contribution in [0.1, 0.15) is 37.6 Å². The number of nitrogens with one attached hydrogen (secondary N) is 1. The molecule has 1 atom stereocenters. The van der Waals surface area contributed by atoms with Gasteiger partial charge in [0.05, 0.1) is 11.4 Å². The molecule has 2 aromatic rings. The number of benzene rings is 1. The first-order valence-corrected chi connectivity index (χ1v) is 8.19. The normalized spacial score (nSPS) is 11.6. The molecule has 0 aliphatic rings. The van der Waals surface area contributed by atoms with Crippen LogP contribution in [0.25, 0.3) is 0 Å².